The Hall–Kier alpha value is -3.88. The number of hydrogen-bond acceptors (Lipinski definition) is 5. The lowest BCUT2D eigenvalue weighted by Crippen LogP contribution is -2.35. The van der Waals surface area contributed by atoms with Gasteiger partial charge in [-0.1, -0.05) is 24.3 Å². The number of rotatable bonds is 5. The van der Waals surface area contributed by atoms with Gasteiger partial charge in [-0.05, 0) is 56.7 Å². The van der Waals surface area contributed by atoms with Crippen molar-refractivity contribution in [2.24, 2.45) is 5.92 Å². The molecule has 1 fully saturated rings. The second-order valence-corrected chi connectivity index (χ2v) is 10.7. The maximum absolute atomic E-state index is 12.3. The summed E-state index contributed by atoms with van der Waals surface area (Å²) >= 11 is 0. The first kappa shape index (κ1) is 24.5. The van der Waals surface area contributed by atoms with Crippen LogP contribution in [0, 0.1) is 5.92 Å². The Bertz CT molecular complexity index is 1510. The third kappa shape index (κ3) is 4.19. The minimum atomic E-state index is -0.701. The van der Waals surface area contributed by atoms with Gasteiger partial charge in [0.2, 0.25) is 0 Å². The fourth-order valence-electron chi connectivity index (χ4n) is 6.35. The molecule has 0 bridgehead atoms. The molecular weight excluding hydrogens is 482 g/mol. The van der Waals surface area contributed by atoms with E-state index >= 15 is 0 Å². The van der Waals surface area contributed by atoms with Gasteiger partial charge in [0, 0.05) is 23.4 Å². The lowest BCUT2D eigenvalue weighted by atomic mass is 9.81. The molecule has 1 N–H and O–H groups in total. The van der Waals surface area contributed by atoms with E-state index in [-0.39, 0.29) is 24.0 Å². The molecule has 3 heterocycles. The molecule has 2 aromatic heterocycles. The smallest absolute Gasteiger partial charge is 0.409 e. The Balaban J connectivity index is 1.42. The molecule has 1 amide bonds. The summed E-state index contributed by atoms with van der Waals surface area (Å²) in [5.74, 6) is 0.216. The summed E-state index contributed by atoms with van der Waals surface area (Å²) in [5.41, 5.74) is 5.38. The third-order valence-electron chi connectivity index (χ3n) is 8.39. The number of carbonyl (C=O) groups is 2. The van der Waals surface area contributed by atoms with Crippen LogP contribution in [0.25, 0.3) is 21.9 Å². The average Bonchev–Trinajstić information content (AvgIpc) is 3.54. The maximum atomic E-state index is 12.3. The van der Waals surface area contributed by atoms with E-state index in [1.165, 1.54) is 12.7 Å². The molecule has 1 saturated carbocycles. The predicted octanol–water partition coefficient (Wildman–Crippen LogP) is 5.13. The molecule has 0 unspecified atom stereocenters. The molecule has 1 aliphatic carbocycles. The van der Waals surface area contributed by atoms with E-state index in [0.29, 0.717) is 32.5 Å². The molecule has 198 valence electrons. The Labute approximate surface area is 221 Å². The Morgan fingerprint density at radius 2 is 1.89 bits per heavy atom. The number of carboxylic acid groups (broad SMARTS) is 1. The van der Waals surface area contributed by atoms with Gasteiger partial charge in [-0.25, -0.2) is 9.78 Å². The number of hydrogen-bond donors (Lipinski definition) is 1. The lowest BCUT2D eigenvalue weighted by molar-refractivity contribution is -0.142. The third-order valence-corrected chi connectivity index (χ3v) is 8.39. The number of aliphatic carboxylic acids is 1. The molecule has 1 aliphatic heterocycles. The normalized spacial score (nSPS) is 20.4. The molecule has 2 aliphatic rings. The highest BCUT2D eigenvalue weighted by molar-refractivity contribution is 5.83. The topological polar surface area (TPSA) is 102 Å². The van der Waals surface area contributed by atoms with Gasteiger partial charge in [-0.15, -0.1) is 0 Å². The molecule has 2 aromatic carbocycles. The van der Waals surface area contributed by atoms with Gasteiger partial charge >= 0.3 is 12.1 Å². The van der Waals surface area contributed by atoms with Crippen molar-refractivity contribution in [1.29, 1.82) is 0 Å². The lowest BCUT2D eigenvalue weighted by Gasteiger charge is -2.28. The fraction of sp³-hybridized carbons (Fsp3) is 0.448. The van der Waals surface area contributed by atoms with Crippen molar-refractivity contribution in [3.05, 3.63) is 59.5 Å². The number of amides is 1. The summed E-state index contributed by atoms with van der Waals surface area (Å²) in [6.45, 7) is 3.98. The Morgan fingerprint density at radius 1 is 1.11 bits per heavy atom. The van der Waals surface area contributed by atoms with Crippen molar-refractivity contribution in [2.75, 3.05) is 13.7 Å². The number of aromatic nitrogens is 4. The monoisotopic (exact) mass is 515 g/mol. The second kappa shape index (κ2) is 9.78. The SMILES string of the molecule is COC(=O)N1CCc2ccc3c(nc([C@H]4CC[C@H](C(=O)O)CC4)n3[C@H](C)Cn3ncc4ccccc43)c2C1. The van der Waals surface area contributed by atoms with Crippen molar-refractivity contribution in [3.63, 3.8) is 0 Å². The number of fused-ring (bicyclic) bond motifs is 4. The van der Waals surface area contributed by atoms with E-state index in [1.807, 2.05) is 23.0 Å². The summed E-state index contributed by atoms with van der Waals surface area (Å²) in [7, 11) is 1.42. The van der Waals surface area contributed by atoms with E-state index < -0.39 is 5.97 Å². The van der Waals surface area contributed by atoms with Gasteiger partial charge in [-0.3, -0.25) is 9.48 Å². The molecule has 6 rings (SSSR count). The van der Waals surface area contributed by atoms with Gasteiger partial charge in [0.1, 0.15) is 5.82 Å². The van der Waals surface area contributed by atoms with Crippen LogP contribution in [0.3, 0.4) is 0 Å². The molecule has 0 spiro atoms. The summed E-state index contributed by atoms with van der Waals surface area (Å²) in [6, 6.07) is 12.6. The van der Waals surface area contributed by atoms with Crippen LogP contribution in [0.15, 0.2) is 42.6 Å². The van der Waals surface area contributed by atoms with Crippen molar-refractivity contribution in [3.8, 4) is 0 Å². The molecule has 9 nitrogen and oxygen atoms in total. The first-order valence-corrected chi connectivity index (χ1v) is 13.4. The summed E-state index contributed by atoms with van der Waals surface area (Å²) < 4.78 is 9.40. The summed E-state index contributed by atoms with van der Waals surface area (Å²) in [4.78, 5) is 30.9. The molecule has 38 heavy (non-hydrogen) atoms. The number of carbonyl (C=O) groups excluding carboxylic acids is 1. The number of para-hydroxylation sites is 1. The van der Waals surface area contributed by atoms with Crippen LogP contribution >= 0.6 is 0 Å². The first-order chi connectivity index (χ1) is 18.4. The number of benzene rings is 2. The van der Waals surface area contributed by atoms with Crippen LogP contribution in [-0.2, 0) is 29.0 Å². The quantitative estimate of drug-likeness (QED) is 0.395. The molecule has 9 heteroatoms. The highest BCUT2D eigenvalue weighted by Crippen LogP contribution is 2.40. The minimum Gasteiger partial charge on any atom is -0.481 e. The van der Waals surface area contributed by atoms with Gasteiger partial charge in [-0.2, -0.15) is 5.10 Å². The zero-order valence-corrected chi connectivity index (χ0v) is 21.8. The predicted molar refractivity (Wildman–Crippen MR) is 143 cm³/mol. The van der Waals surface area contributed by atoms with Gasteiger partial charge in [0.05, 0.1) is 54.9 Å². The van der Waals surface area contributed by atoms with Crippen LogP contribution in [0.1, 0.15) is 61.5 Å². The fourth-order valence-corrected chi connectivity index (χ4v) is 6.35. The number of ether oxygens (including phenoxy) is 1. The Kier molecular flexibility index (Phi) is 6.29. The second-order valence-electron chi connectivity index (χ2n) is 10.7. The number of nitrogens with zero attached hydrogens (tertiary/aromatic N) is 5. The van der Waals surface area contributed by atoms with Crippen LogP contribution in [0.5, 0.6) is 0 Å². The molecule has 1 atom stereocenters. The molecular formula is C29H33N5O4. The summed E-state index contributed by atoms with van der Waals surface area (Å²) in [5, 5.41) is 15.3. The van der Waals surface area contributed by atoms with Crippen molar-refractivity contribution in [2.45, 2.75) is 64.1 Å². The van der Waals surface area contributed by atoms with E-state index in [9.17, 15) is 14.7 Å². The standard InChI is InChI=1S/C29H33N5O4/c1-18(16-33-24-6-4-3-5-22(24)15-30-33)34-25-12-11-19-13-14-32(29(37)38-2)17-23(19)26(25)31-27(34)20-7-9-21(10-8-20)28(35)36/h3-6,11-12,15,18,20-21H,7-10,13-14,16-17H2,1-2H3,(H,35,36)/t18-,20-,21-/m1/s1. The molecule has 4 aromatic rings. The van der Waals surface area contributed by atoms with E-state index in [1.54, 1.807) is 4.90 Å². The zero-order chi connectivity index (χ0) is 26.4. The first-order valence-electron chi connectivity index (χ1n) is 13.4. The highest BCUT2D eigenvalue weighted by atomic mass is 16.5. The van der Waals surface area contributed by atoms with Crippen molar-refractivity contribution >= 4 is 34.0 Å². The molecule has 0 saturated heterocycles. The summed E-state index contributed by atoms with van der Waals surface area (Å²) in [6.07, 6.45) is 5.27. The van der Waals surface area contributed by atoms with Crippen LogP contribution in [0.2, 0.25) is 0 Å². The minimum absolute atomic E-state index is 0.0638. The number of methoxy groups -OCH3 is 1. The molecule has 0 radical (unpaired) electrons. The van der Waals surface area contributed by atoms with Gasteiger partial charge < -0.3 is 19.3 Å². The van der Waals surface area contributed by atoms with Crippen molar-refractivity contribution < 1.29 is 19.4 Å². The highest BCUT2D eigenvalue weighted by Gasteiger charge is 2.32. The van der Waals surface area contributed by atoms with Gasteiger partial charge in [0.25, 0.3) is 0 Å². The van der Waals surface area contributed by atoms with E-state index in [0.717, 1.165) is 52.6 Å². The van der Waals surface area contributed by atoms with Gasteiger partial charge in [0.15, 0.2) is 0 Å². The van der Waals surface area contributed by atoms with Crippen LogP contribution in [-0.4, -0.2) is 55.1 Å². The zero-order valence-electron chi connectivity index (χ0n) is 21.8. The number of imidazole rings is 1. The van der Waals surface area contributed by atoms with Crippen molar-refractivity contribution in [1.82, 2.24) is 24.2 Å². The van der Waals surface area contributed by atoms with Crippen LogP contribution in [0.4, 0.5) is 4.79 Å². The largest absolute Gasteiger partial charge is 0.481 e. The average molecular weight is 516 g/mol. The van der Waals surface area contributed by atoms with E-state index in [4.69, 9.17) is 9.72 Å². The van der Waals surface area contributed by atoms with E-state index in [2.05, 4.69) is 40.9 Å². The Morgan fingerprint density at radius 3 is 2.66 bits per heavy atom. The number of carboxylic acids is 1. The van der Waals surface area contributed by atoms with Crippen LogP contribution < -0.4 is 0 Å². The maximum Gasteiger partial charge on any atom is 0.409 e.